The molecule has 8 aromatic rings. The molecule has 4 aromatic carbocycles. The predicted octanol–water partition coefficient (Wildman–Crippen LogP) is 10.8. The number of hydrogen-bond acceptors (Lipinski definition) is 14. The third-order valence-electron chi connectivity index (χ3n) is 10.2. The molecule has 356 valence electrons. The maximum Gasteiger partial charge on any atom is 0.342 e. The summed E-state index contributed by atoms with van der Waals surface area (Å²) in [6.07, 6.45) is 5.99. The first-order chi connectivity index (χ1) is 32.6. The Morgan fingerprint density at radius 3 is 1.65 bits per heavy atom. The number of nitro groups is 2. The summed E-state index contributed by atoms with van der Waals surface area (Å²) in [4.78, 5) is 61.9. The van der Waals surface area contributed by atoms with Gasteiger partial charge in [0.25, 0.3) is 0 Å². The summed E-state index contributed by atoms with van der Waals surface area (Å²) in [7, 11) is 3.83. The Morgan fingerprint density at radius 1 is 0.710 bits per heavy atom. The fraction of sp³-hybridized carbons (Fsp3) is 0.208. The highest BCUT2D eigenvalue weighted by Crippen LogP contribution is 2.35. The van der Waals surface area contributed by atoms with Crippen molar-refractivity contribution in [2.24, 2.45) is 14.1 Å². The number of nitro benzene ring substituents is 2. The number of para-hydroxylation sites is 2. The molecule has 0 atom stereocenters. The maximum absolute atomic E-state index is 13.9. The lowest BCUT2D eigenvalue weighted by Gasteiger charge is -2.13. The Kier molecular flexibility index (Phi) is 15.3. The van der Waals surface area contributed by atoms with Gasteiger partial charge in [-0.05, 0) is 88.5 Å². The Morgan fingerprint density at radius 2 is 1.16 bits per heavy atom. The minimum atomic E-state index is -0.933. The average molecular weight is 963 g/mol. The number of nitrogens with one attached hydrogen (secondary N) is 1. The van der Waals surface area contributed by atoms with E-state index >= 15 is 0 Å². The molecule has 18 nitrogen and oxygen atoms in total. The lowest BCUT2D eigenvalue weighted by molar-refractivity contribution is -0.387. The van der Waals surface area contributed by atoms with Crippen LogP contribution in [0.1, 0.15) is 59.5 Å². The number of nitrogens with zero attached hydrogens (tertiary/aromatic N) is 8. The van der Waals surface area contributed by atoms with Crippen LogP contribution in [0.3, 0.4) is 0 Å². The Labute approximate surface area is 398 Å². The number of fused-ring (bicyclic) bond motifs is 2. The number of anilines is 3. The first kappa shape index (κ1) is 50.0. The molecule has 3 N–H and O–H groups in total. The lowest BCUT2D eigenvalue weighted by atomic mass is 10.1. The van der Waals surface area contributed by atoms with E-state index in [0.29, 0.717) is 33.6 Å². The van der Waals surface area contributed by atoms with Crippen LogP contribution < -0.4 is 11.1 Å². The molecule has 0 radical (unpaired) electrons. The summed E-state index contributed by atoms with van der Waals surface area (Å²) >= 11 is 5.95. The standard InChI is InChI=1S/C24H22FN5O4.C17H16ClN3O2.C7H7FN2O2/c1-13(2)34-23(31)16-11-26-24(27-19-10-21(30(32)33)18(25)9-14(19)3)28-22(16)17-12-29(4)20-8-6-5-7-15(17)20;1-10(2)23-16(22)12-8-19-17(18)20-15(12)13-9-21(3)14-7-5-4-6-11(13)14;1-4-2-5(8)7(10(11)12)3-6(4)9/h5-13H,1-4H3,(H,26,27,28);4-10H,1-3H3;2-3H,9H2,1H3. The third kappa shape index (κ3) is 11.4. The van der Waals surface area contributed by atoms with Gasteiger partial charge >= 0.3 is 23.3 Å². The zero-order valence-electron chi connectivity index (χ0n) is 38.4. The van der Waals surface area contributed by atoms with Crippen molar-refractivity contribution in [3.8, 4) is 22.5 Å². The monoisotopic (exact) mass is 962 g/mol. The van der Waals surface area contributed by atoms with Gasteiger partial charge in [0.1, 0.15) is 11.1 Å². The van der Waals surface area contributed by atoms with Crippen LogP contribution in [0.15, 0.2) is 97.6 Å². The van der Waals surface area contributed by atoms with Crippen LogP contribution in [-0.2, 0) is 23.6 Å². The van der Waals surface area contributed by atoms with E-state index in [2.05, 4.69) is 25.3 Å². The molecule has 0 unspecified atom stereocenters. The molecule has 4 heterocycles. The molecule has 4 aromatic heterocycles. The smallest absolute Gasteiger partial charge is 0.342 e. The van der Waals surface area contributed by atoms with Gasteiger partial charge in [0.15, 0.2) is 0 Å². The number of halogens is 3. The van der Waals surface area contributed by atoms with Crippen LogP contribution in [-0.4, -0.2) is 63.1 Å². The highest BCUT2D eigenvalue weighted by Gasteiger charge is 2.24. The number of esters is 2. The fourth-order valence-corrected chi connectivity index (χ4v) is 7.13. The SMILES string of the molecule is CC(C)OC(=O)c1cnc(Cl)nc1-c1cn(C)c2ccccc12.Cc1cc(F)c([N+](=O)[O-])cc1N.Cc1cc(F)c([N+](=O)[O-])cc1Nc1ncc(C(=O)OC(C)C)c(-c2cn(C)c3ccccc23)n1. The van der Waals surface area contributed by atoms with Gasteiger partial charge in [-0.3, -0.25) is 20.2 Å². The van der Waals surface area contributed by atoms with Gasteiger partial charge < -0.3 is 29.7 Å². The van der Waals surface area contributed by atoms with Crippen LogP contribution in [0.25, 0.3) is 44.3 Å². The van der Waals surface area contributed by atoms with Crippen LogP contribution >= 0.6 is 11.6 Å². The van der Waals surface area contributed by atoms with Crippen molar-refractivity contribution in [1.29, 1.82) is 0 Å². The molecule has 8 rings (SSSR count). The third-order valence-corrected chi connectivity index (χ3v) is 10.4. The van der Waals surface area contributed by atoms with Gasteiger partial charge in [-0.25, -0.2) is 29.5 Å². The molecule has 0 bridgehead atoms. The fourth-order valence-electron chi connectivity index (χ4n) is 7.00. The van der Waals surface area contributed by atoms with Crippen molar-refractivity contribution in [2.75, 3.05) is 11.1 Å². The Balaban J connectivity index is 0.000000191. The predicted molar refractivity (Wildman–Crippen MR) is 257 cm³/mol. The maximum atomic E-state index is 13.9. The van der Waals surface area contributed by atoms with Crippen molar-refractivity contribution in [3.63, 3.8) is 0 Å². The normalized spacial score (nSPS) is 10.9. The second-order valence-electron chi connectivity index (χ2n) is 16.0. The topological polar surface area (TPSA) is 238 Å². The number of aryl methyl sites for hydroxylation is 4. The first-order valence-electron chi connectivity index (χ1n) is 21.0. The van der Waals surface area contributed by atoms with Gasteiger partial charge in [-0.15, -0.1) is 0 Å². The van der Waals surface area contributed by atoms with Crippen LogP contribution in [0.5, 0.6) is 0 Å². The summed E-state index contributed by atoms with van der Waals surface area (Å²) in [6.45, 7) is 10.3. The van der Waals surface area contributed by atoms with Crippen molar-refractivity contribution in [2.45, 2.75) is 53.8 Å². The van der Waals surface area contributed by atoms with E-state index in [9.17, 15) is 38.6 Å². The van der Waals surface area contributed by atoms with Crippen molar-refractivity contribution < 1.29 is 37.7 Å². The average Bonchev–Trinajstić information content (AvgIpc) is 3.81. The minimum Gasteiger partial charge on any atom is -0.459 e. The van der Waals surface area contributed by atoms with Crippen molar-refractivity contribution >= 4 is 74.0 Å². The molecule has 69 heavy (non-hydrogen) atoms. The van der Waals surface area contributed by atoms with Crippen molar-refractivity contribution in [3.05, 3.63) is 157 Å². The Hall–Kier alpha value is -8.39. The van der Waals surface area contributed by atoms with Gasteiger partial charge in [0.05, 0.1) is 39.1 Å². The number of benzene rings is 4. The summed E-state index contributed by atoms with van der Waals surface area (Å²) < 4.78 is 41.3. The number of rotatable bonds is 10. The number of carbonyl (C=O) groups is 2. The number of hydrogen-bond donors (Lipinski definition) is 2. The largest absolute Gasteiger partial charge is 0.459 e. The van der Waals surface area contributed by atoms with Crippen LogP contribution in [0, 0.1) is 45.7 Å². The second kappa shape index (κ2) is 21.1. The molecule has 0 spiro atoms. The summed E-state index contributed by atoms with van der Waals surface area (Å²) in [5.74, 6) is -2.73. The van der Waals surface area contributed by atoms with E-state index in [1.54, 1.807) is 41.5 Å². The van der Waals surface area contributed by atoms with E-state index in [1.807, 2.05) is 84.2 Å². The van der Waals surface area contributed by atoms with Gasteiger partial charge in [0.2, 0.25) is 22.9 Å². The van der Waals surface area contributed by atoms with Gasteiger partial charge in [0, 0.05) is 89.6 Å². The zero-order valence-corrected chi connectivity index (χ0v) is 39.2. The second-order valence-corrected chi connectivity index (χ2v) is 16.4. The van der Waals surface area contributed by atoms with Crippen molar-refractivity contribution in [1.82, 2.24) is 29.1 Å². The summed E-state index contributed by atoms with van der Waals surface area (Å²) in [6, 6.07) is 19.8. The van der Waals surface area contributed by atoms with E-state index in [4.69, 9.17) is 26.8 Å². The van der Waals surface area contributed by atoms with E-state index in [0.717, 1.165) is 51.6 Å². The number of ether oxygens (including phenoxy) is 2. The molecular weight excluding hydrogens is 918 g/mol. The molecule has 0 aliphatic heterocycles. The minimum absolute atomic E-state index is 0.0908. The molecule has 0 aliphatic carbocycles. The summed E-state index contributed by atoms with van der Waals surface area (Å²) in [5, 5.41) is 26.2. The van der Waals surface area contributed by atoms with Crippen LogP contribution in [0.4, 0.5) is 37.5 Å². The molecule has 0 saturated carbocycles. The van der Waals surface area contributed by atoms with E-state index in [-0.39, 0.29) is 40.4 Å². The van der Waals surface area contributed by atoms with Crippen LogP contribution in [0.2, 0.25) is 5.28 Å². The number of nitrogens with two attached hydrogens (primary N) is 1. The highest BCUT2D eigenvalue weighted by atomic mass is 35.5. The number of aromatic nitrogens is 6. The lowest BCUT2D eigenvalue weighted by Crippen LogP contribution is -2.14. The molecule has 0 amide bonds. The molecule has 0 saturated heterocycles. The first-order valence-corrected chi connectivity index (χ1v) is 21.3. The van der Waals surface area contributed by atoms with E-state index < -0.39 is 44.8 Å². The molecule has 21 heteroatoms. The summed E-state index contributed by atoms with van der Waals surface area (Å²) in [5.41, 5.74) is 10.3. The Bertz CT molecular complexity index is 3280. The number of nitrogen functional groups attached to an aromatic ring is 1. The molecule has 0 fully saturated rings. The quantitative estimate of drug-likeness (QED) is 0.0426. The molecular formula is C48H45ClF2N10O8. The van der Waals surface area contributed by atoms with Gasteiger partial charge in [-0.2, -0.15) is 8.78 Å². The zero-order chi connectivity index (χ0) is 50.4. The van der Waals surface area contributed by atoms with E-state index in [1.165, 1.54) is 12.4 Å². The van der Waals surface area contributed by atoms with Gasteiger partial charge in [-0.1, -0.05) is 36.4 Å². The number of carbonyl (C=O) groups excluding carboxylic acids is 2. The highest BCUT2D eigenvalue weighted by molar-refractivity contribution is 6.28. The molecule has 0 aliphatic rings.